The fourth-order valence-corrected chi connectivity index (χ4v) is 2.98. The monoisotopic (exact) mass is 439 g/mol. The molecule has 0 aliphatic carbocycles. The minimum absolute atomic E-state index is 0.0651. The lowest BCUT2D eigenvalue weighted by Gasteiger charge is -2.13. The van der Waals surface area contributed by atoms with E-state index in [4.69, 9.17) is 4.74 Å². The van der Waals surface area contributed by atoms with Crippen molar-refractivity contribution in [2.75, 3.05) is 6.61 Å². The van der Waals surface area contributed by atoms with Gasteiger partial charge >= 0.3 is 12.6 Å². The van der Waals surface area contributed by atoms with E-state index in [1.807, 2.05) is 0 Å². The Morgan fingerprint density at radius 3 is 2.81 bits per heavy atom. The molecule has 3 rings (SSSR count). The Morgan fingerprint density at radius 1 is 1.33 bits per heavy atom. The third-order valence-corrected chi connectivity index (χ3v) is 4.16. The lowest BCUT2D eigenvalue weighted by atomic mass is 10.2. The summed E-state index contributed by atoms with van der Waals surface area (Å²) in [5.41, 5.74) is -0.402. The molecule has 0 saturated heterocycles. The maximum absolute atomic E-state index is 12.7. The summed E-state index contributed by atoms with van der Waals surface area (Å²) in [5, 5.41) is 4.29. The highest BCUT2D eigenvalue weighted by Crippen LogP contribution is 2.24. The number of pyridine rings is 1. The number of rotatable bonds is 5. The van der Waals surface area contributed by atoms with Gasteiger partial charge < -0.3 is 9.47 Å². The molecule has 2 aromatic heterocycles. The summed E-state index contributed by atoms with van der Waals surface area (Å²) in [4.78, 5) is 28.6. The number of hydrogen-bond acceptors (Lipinski definition) is 6. The maximum atomic E-state index is 12.7. The van der Waals surface area contributed by atoms with Crippen LogP contribution in [0.1, 0.15) is 17.4 Å². The van der Waals surface area contributed by atoms with Crippen molar-refractivity contribution in [3.8, 4) is 11.6 Å². The summed E-state index contributed by atoms with van der Waals surface area (Å²) in [6, 6.07) is 7.62. The SMILES string of the molecule is CCOC(=O)c1nn(-c2ccnc(OC(F)F)c2)c2cccc(Br)c2c1=O. The van der Waals surface area contributed by atoms with E-state index in [0.29, 0.717) is 9.99 Å². The molecular formula is C17H12BrF2N3O4. The zero-order chi connectivity index (χ0) is 19.6. The Bertz CT molecular complexity index is 1070. The van der Waals surface area contributed by atoms with Gasteiger partial charge in [-0.2, -0.15) is 13.9 Å². The zero-order valence-corrected chi connectivity index (χ0v) is 15.4. The van der Waals surface area contributed by atoms with Gasteiger partial charge in [-0.05, 0) is 41.1 Å². The second kappa shape index (κ2) is 7.78. The molecule has 1 aromatic carbocycles. The van der Waals surface area contributed by atoms with E-state index in [0.717, 1.165) is 0 Å². The second-order valence-corrected chi connectivity index (χ2v) is 6.03. The highest BCUT2D eigenvalue weighted by Gasteiger charge is 2.21. The summed E-state index contributed by atoms with van der Waals surface area (Å²) in [6.45, 7) is -1.38. The molecule has 27 heavy (non-hydrogen) atoms. The van der Waals surface area contributed by atoms with E-state index in [9.17, 15) is 18.4 Å². The topological polar surface area (TPSA) is 83.3 Å². The number of ether oxygens (including phenoxy) is 2. The fourth-order valence-electron chi connectivity index (χ4n) is 2.45. The van der Waals surface area contributed by atoms with Crippen LogP contribution in [0.15, 0.2) is 45.8 Å². The Kier molecular flexibility index (Phi) is 5.45. The van der Waals surface area contributed by atoms with Crippen molar-refractivity contribution in [3.63, 3.8) is 0 Å². The number of benzene rings is 1. The van der Waals surface area contributed by atoms with Gasteiger partial charge in [0.1, 0.15) is 0 Å². The molecule has 3 aromatic rings. The first-order valence-electron chi connectivity index (χ1n) is 7.72. The smallest absolute Gasteiger partial charge is 0.388 e. The van der Waals surface area contributed by atoms with Gasteiger partial charge in [0.05, 0.1) is 23.2 Å². The predicted molar refractivity (Wildman–Crippen MR) is 95.4 cm³/mol. The number of alkyl halides is 2. The largest absolute Gasteiger partial charge is 0.461 e. The number of aromatic nitrogens is 3. The molecule has 0 aliphatic rings. The van der Waals surface area contributed by atoms with Crippen LogP contribution in [0.2, 0.25) is 0 Å². The average molecular weight is 440 g/mol. The second-order valence-electron chi connectivity index (χ2n) is 5.17. The van der Waals surface area contributed by atoms with Gasteiger partial charge in [-0.1, -0.05) is 6.07 Å². The first-order valence-corrected chi connectivity index (χ1v) is 8.51. The number of hydrogen-bond donors (Lipinski definition) is 0. The van der Waals surface area contributed by atoms with Gasteiger partial charge in [0, 0.05) is 16.7 Å². The van der Waals surface area contributed by atoms with E-state index in [-0.39, 0.29) is 23.6 Å². The predicted octanol–water partition coefficient (Wildman–Crippen LogP) is 3.32. The van der Waals surface area contributed by atoms with Gasteiger partial charge in [0.2, 0.25) is 17.0 Å². The minimum atomic E-state index is -3.05. The maximum Gasteiger partial charge on any atom is 0.388 e. The molecule has 0 N–H and O–H groups in total. The lowest BCUT2D eigenvalue weighted by Crippen LogP contribution is -2.24. The molecule has 0 radical (unpaired) electrons. The Hall–Kier alpha value is -2.88. The van der Waals surface area contributed by atoms with Crippen molar-refractivity contribution in [1.29, 1.82) is 0 Å². The van der Waals surface area contributed by atoms with Crippen LogP contribution in [0.4, 0.5) is 8.78 Å². The summed E-state index contributed by atoms with van der Waals surface area (Å²) in [7, 11) is 0. The number of nitrogens with zero attached hydrogens (tertiary/aromatic N) is 3. The van der Waals surface area contributed by atoms with Crippen molar-refractivity contribution >= 4 is 32.8 Å². The molecule has 2 heterocycles. The van der Waals surface area contributed by atoms with E-state index in [1.54, 1.807) is 25.1 Å². The van der Waals surface area contributed by atoms with Crippen LogP contribution in [0.25, 0.3) is 16.6 Å². The van der Waals surface area contributed by atoms with Crippen LogP contribution in [0.5, 0.6) is 5.88 Å². The van der Waals surface area contributed by atoms with Gasteiger partial charge in [-0.15, -0.1) is 0 Å². The van der Waals surface area contributed by atoms with E-state index in [2.05, 4.69) is 30.7 Å². The zero-order valence-electron chi connectivity index (χ0n) is 13.9. The molecule has 0 amide bonds. The average Bonchev–Trinajstić information content (AvgIpc) is 2.62. The van der Waals surface area contributed by atoms with Crippen molar-refractivity contribution in [2.24, 2.45) is 0 Å². The van der Waals surface area contributed by atoms with Crippen molar-refractivity contribution < 1.29 is 23.0 Å². The van der Waals surface area contributed by atoms with Crippen molar-refractivity contribution in [3.05, 3.63) is 56.9 Å². The first kappa shape index (κ1) is 18.9. The van der Waals surface area contributed by atoms with Crippen LogP contribution in [0, 0.1) is 0 Å². The highest BCUT2D eigenvalue weighted by molar-refractivity contribution is 9.10. The number of fused-ring (bicyclic) bond motifs is 1. The quantitative estimate of drug-likeness (QED) is 0.567. The fraction of sp³-hybridized carbons (Fsp3) is 0.176. The lowest BCUT2D eigenvalue weighted by molar-refractivity contribution is -0.0528. The van der Waals surface area contributed by atoms with Gasteiger partial charge in [0.15, 0.2) is 0 Å². The van der Waals surface area contributed by atoms with E-state index >= 15 is 0 Å². The highest BCUT2D eigenvalue weighted by atomic mass is 79.9. The molecule has 10 heteroatoms. The molecule has 140 valence electrons. The molecule has 0 bridgehead atoms. The minimum Gasteiger partial charge on any atom is -0.461 e. The van der Waals surface area contributed by atoms with Crippen LogP contribution >= 0.6 is 15.9 Å². The number of carbonyl (C=O) groups excluding carboxylic acids is 1. The summed E-state index contributed by atoms with van der Waals surface area (Å²) in [5.74, 6) is -1.21. The number of carbonyl (C=O) groups is 1. The molecular weight excluding hydrogens is 428 g/mol. The molecule has 0 saturated carbocycles. The number of halogens is 3. The third kappa shape index (κ3) is 3.80. The molecule has 0 spiro atoms. The van der Waals surface area contributed by atoms with Crippen LogP contribution in [0.3, 0.4) is 0 Å². The third-order valence-electron chi connectivity index (χ3n) is 3.50. The van der Waals surface area contributed by atoms with E-state index < -0.39 is 23.7 Å². The van der Waals surface area contributed by atoms with E-state index in [1.165, 1.54) is 23.0 Å². The van der Waals surface area contributed by atoms with Crippen molar-refractivity contribution in [2.45, 2.75) is 13.5 Å². The van der Waals surface area contributed by atoms with Gasteiger partial charge in [-0.25, -0.2) is 14.5 Å². The molecule has 0 unspecified atom stereocenters. The first-order chi connectivity index (χ1) is 12.9. The molecule has 0 aliphatic heterocycles. The van der Waals surface area contributed by atoms with Crippen LogP contribution in [-0.4, -0.2) is 34.0 Å². The Labute approximate surface area is 159 Å². The number of esters is 1. The molecule has 0 atom stereocenters. The van der Waals surface area contributed by atoms with Gasteiger partial charge in [0.25, 0.3) is 0 Å². The molecule has 7 nitrogen and oxygen atoms in total. The Balaban J connectivity index is 2.29. The van der Waals surface area contributed by atoms with Crippen LogP contribution in [-0.2, 0) is 4.74 Å². The van der Waals surface area contributed by atoms with Crippen LogP contribution < -0.4 is 10.2 Å². The normalized spacial score (nSPS) is 11.0. The van der Waals surface area contributed by atoms with Gasteiger partial charge in [-0.3, -0.25) is 4.79 Å². The summed E-state index contributed by atoms with van der Waals surface area (Å²) >= 11 is 3.29. The van der Waals surface area contributed by atoms with Crippen molar-refractivity contribution in [1.82, 2.24) is 14.8 Å². The summed E-state index contributed by atoms with van der Waals surface area (Å²) in [6.07, 6.45) is 1.25. The summed E-state index contributed by atoms with van der Waals surface area (Å²) < 4.78 is 35.9. The standard InChI is InChI=1S/C17H12BrF2N3O4/c1-2-26-16(25)14-15(24)13-10(18)4-3-5-11(13)23(22-14)9-6-7-21-12(8-9)27-17(19)20/h3-8,17H,2H2,1H3. The Morgan fingerprint density at radius 2 is 2.11 bits per heavy atom. The molecule has 0 fully saturated rings.